The minimum absolute atomic E-state index is 0.0195. The molecule has 1 N–H and O–H groups in total. The highest BCUT2D eigenvalue weighted by molar-refractivity contribution is 5.88. The van der Waals surface area contributed by atoms with Crippen molar-refractivity contribution in [3.05, 3.63) is 36.4 Å². The third-order valence-corrected chi connectivity index (χ3v) is 4.05. The summed E-state index contributed by atoms with van der Waals surface area (Å²) in [6.07, 6.45) is 11.9. The van der Waals surface area contributed by atoms with Crippen LogP contribution >= 0.6 is 0 Å². The molecule has 1 amide bonds. The van der Waals surface area contributed by atoms with Crippen molar-refractivity contribution in [3.63, 3.8) is 0 Å². The Hall–Kier alpha value is -2.24. The van der Waals surface area contributed by atoms with Crippen molar-refractivity contribution in [2.24, 2.45) is 5.92 Å². The topological polar surface area (TPSA) is 72.7 Å². The summed E-state index contributed by atoms with van der Waals surface area (Å²) < 4.78 is 1.70. The van der Waals surface area contributed by atoms with E-state index in [-0.39, 0.29) is 5.91 Å². The lowest BCUT2D eigenvalue weighted by Crippen LogP contribution is -2.19. The van der Waals surface area contributed by atoms with Gasteiger partial charge < -0.3 is 0 Å². The van der Waals surface area contributed by atoms with Gasteiger partial charge in [0, 0.05) is 18.8 Å². The van der Waals surface area contributed by atoms with Crippen LogP contribution in [0.4, 0.5) is 5.95 Å². The van der Waals surface area contributed by atoms with E-state index in [2.05, 4.69) is 20.4 Å². The SMILES string of the molecule is O=C(CC1CCCCC1)Nc1ncn(Cc2cccnc2)n1. The van der Waals surface area contributed by atoms with Crippen molar-refractivity contribution in [3.8, 4) is 0 Å². The van der Waals surface area contributed by atoms with Crippen molar-refractivity contribution in [2.75, 3.05) is 5.32 Å². The van der Waals surface area contributed by atoms with Crippen LogP contribution in [0.5, 0.6) is 0 Å². The molecule has 0 radical (unpaired) electrons. The highest BCUT2D eigenvalue weighted by atomic mass is 16.1. The second-order valence-electron chi connectivity index (χ2n) is 5.88. The van der Waals surface area contributed by atoms with Gasteiger partial charge >= 0.3 is 0 Å². The first-order valence-corrected chi connectivity index (χ1v) is 7.88. The van der Waals surface area contributed by atoms with Crippen LogP contribution in [0.3, 0.4) is 0 Å². The molecule has 116 valence electrons. The smallest absolute Gasteiger partial charge is 0.248 e. The predicted molar refractivity (Wildman–Crippen MR) is 83.2 cm³/mol. The molecule has 1 fully saturated rings. The summed E-state index contributed by atoms with van der Waals surface area (Å²) >= 11 is 0. The molecule has 0 spiro atoms. The van der Waals surface area contributed by atoms with Gasteiger partial charge in [-0.1, -0.05) is 25.3 Å². The number of amides is 1. The summed E-state index contributed by atoms with van der Waals surface area (Å²) in [4.78, 5) is 20.3. The van der Waals surface area contributed by atoms with Gasteiger partial charge in [-0.25, -0.2) is 9.67 Å². The van der Waals surface area contributed by atoms with Gasteiger partial charge in [-0.05, 0) is 30.4 Å². The van der Waals surface area contributed by atoms with Gasteiger partial charge in [-0.3, -0.25) is 15.1 Å². The molecule has 0 atom stereocenters. The number of pyridine rings is 1. The van der Waals surface area contributed by atoms with Gasteiger partial charge in [-0.15, -0.1) is 5.10 Å². The summed E-state index contributed by atoms with van der Waals surface area (Å²) in [5.41, 5.74) is 1.05. The van der Waals surface area contributed by atoms with Gasteiger partial charge in [0.2, 0.25) is 11.9 Å². The summed E-state index contributed by atoms with van der Waals surface area (Å²) in [5, 5.41) is 7.08. The first-order valence-electron chi connectivity index (χ1n) is 7.88. The Labute approximate surface area is 130 Å². The van der Waals surface area contributed by atoms with E-state index in [1.54, 1.807) is 23.4 Å². The highest BCUT2D eigenvalue weighted by Crippen LogP contribution is 2.26. The summed E-state index contributed by atoms with van der Waals surface area (Å²) in [7, 11) is 0. The maximum absolute atomic E-state index is 12.0. The molecule has 0 bridgehead atoms. The molecule has 1 aliphatic carbocycles. The standard InChI is InChI=1S/C16H21N5O/c22-15(9-13-5-2-1-3-6-13)19-16-18-12-21(20-16)11-14-7-4-8-17-10-14/h4,7-8,10,12-13H,1-3,5-6,9,11H2,(H,19,20,22). The van der Waals surface area contributed by atoms with Crippen LogP contribution in [0.2, 0.25) is 0 Å². The maximum atomic E-state index is 12.0. The van der Waals surface area contributed by atoms with E-state index in [9.17, 15) is 4.79 Å². The van der Waals surface area contributed by atoms with E-state index >= 15 is 0 Å². The van der Waals surface area contributed by atoms with E-state index in [0.717, 1.165) is 18.4 Å². The molecule has 2 aromatic rings. The lowest BCUT2D eigenvalue weighted by Gasteiger charge is -2.20. The Bertz CT molecular complexity index is 604. The fourth-order valence-corrected chi connectivity index (χ4v) is 2.94. The number of nitrogens with one attached hydrogen (secondary N) is 1. The number of hydrogen-bond acceptors (Lipinski definition) is 4. The molecule has 0 aromatic carbocycles. The van der Waals surface area contributed by atoms with Crippen LogP contribution < -0.4 is 5.32 Å². The first-order chi connectivity index (χ1) is 10.8. The molecule has 22 heavy (non-hydrogen) atoms. The number of nitrogens with zero attached hydrogens (tertiary/aromatic N) is 4. The molecule has 1 aliphatic rings. The zero-order chi connectivity index (χ0) is 15.2. The normalized spacial score (nSPS) is 15.6. The quantitative estimate of drug-likeness (QED) is 0.921. The predicted octanol–water partition coefficient (Wildman–Crippen LogP) is 2.63. The van der Waals surface area contributed by atoms with E-state index in [4.69, 9.17) is 0 Å². The Balaban J connectivity index is 1.51. The molecule has 6 nitrogen and oxygen atoms in total. The van der Waals surface area contributed by atoms with Crippen molar-refractivity contribution in [1.29, 1.82) is 0 Å². The van der Waals surface area contributed by atoms with E-state index in [0.29, 0.717) is 24.8 Å². The molecular formula is C16H21N5O. The van der Waals surface area contributed by atoms with E-state index in [1.807, 2.05) is 12.1 Å². The van der Waals surface area contributed by atoms with Gasteiger partial charge in [0.15, 0.2) is 0 Å². The van der Waals surface area contributed by atoms with Gasteiger partial charge in [-0.2, -0.15) is 0 Å². The lowest BCUT2D eigenvalue weighted by molar-refractivity contribution is -0.117. The molecule has 0 aliphatic heterocycles. The van der Waals surface area contributed by atoms with E-state index in [1.165, 1.54) is 19.3 Å². The Morgan fingerprint density at radius 1 is 1.32 bits per heavy atom. The van der Waals surface area contributed by atoms with Crippen LogP contribution in [0.15, 0.2) is 30.9 Å². The molecule has 2 heterocycles. The number of anilines is 1. The van der Waals surface area contributed by atoms with Crippen molar-refractivity contribution in [2.45, 2.75) is 45.1 Å². The van der Waals surface area contributed by atoms with Gasteiger partial charge in [0.1, 0.15) is 6.33 Å². The second-order valence-corrected chi connectivity index (χ2v) is 5.88. The van der Waals surface area contributed by atoms with Crippen molar-refractivity contribution >= 4 is 11.9 Å². The number of aromatic nitrogens is 4. The molecule has 3 rings (SSSR count). The number of hydrogen-bond donors (Lipinski definition) is 1. The average molecular weight is 299 g/mol. The first kappa shape index (κ1) is 14.7. The molecule has 0 unspecified atom stereocenters. The maximum Gasteiger partial charge on any atom is 0.248 e. The van der Waals surface area contributed by atoms with Crippen molar-refractivity contribution in [1.82, 2.24) is 19.7 Å². The Kier molecular flexibility index (Phi) is 4.78. The number of carbonyl (C=O) groups excluding carboxylic acids is 1. The number of rotatable bonds is 5. The molecule has 0 saturated heterocycles. The Morgan fingerprint density at radius 3 is 2.95 bits per heavy atom. The van der Waals surface area contributed by atoms with Crippen LogP contribution in [-0.4, -0.2) is 25.7 Å². The minimum Gasteiger partial charge on any atom is -0.293 e. The summed E-state index contributed by atoms with van der Waals surface area (Å²) in [5.74, 6) is 0.918. The molecule has 6 heteroatoms. The average Bonchev–Trinajstić information content (AvgIpc) is 2.96. The Morgan fingerprint density at radius 2 is 2.18 bits per heavy atom. The minimum atomic E-state index is 0.0195. The highest BCUT2D eigenvalue weighted by Gasteiger charge is 2.17. The third-order valence-electron chi connectivity index (χ3n) is 4.05. The summed E-state index contributed by atoms with van der Waals surface area (Å²) in [6, 6.07) is 3.87. The van der Waals surface area contributed by atoms with Gasteiger partial charge in [0.05, 0.1) is 6.54 Å². The zero-order valence-electron chi connectivity index (χ0n) is 12.6. The summed E-state index contributed by atoms with van der Waals surface area (Å²) in [6.45, 7) is 0.597. The van der Waals surface area contributed by atoms with Crippen LogP contribution in [0, 0.1) is 5.92 Å². The van der Waals surface area contributed by atoms with Crippen LogP contribution in [-0.2, 0) is 11.3 Å². The molecular weight excluding hydrogens is 278 g/mol. The van der Waals surface area contributed by atoms with Crippen molar-refractivity contribution < 1.29 is 4.79 Å². The zero-order valence-corrected chi connectivity index (χ0v) is 12.6. The monoisotopic (exact) mass is 299 g/mol. The number of carbonyl (C=O) groups is 1. The molecule has 1 saturated carbocycles. The van der Waals surface area contributed by atoms with E-state index < -0.39 is 0 Å². The fraction of sp³-hybridized carbons (Fsp3) is 0.500. The van der Waals surface area contributed by atoms with Gasteiger partial charge in [0.25, 0.3) is 0 Å². The van der Waals surface area contributed by atoms with Crippen LogP contribution in [0.25, 0.3) is 0 Å². The second kappa shape index (κ2) is 7.15. The third kappa shape index (κ3) is 4.13. The lowest BCUT2D eigenvalue weighted by atomic mass is 9.87. The van der Waals surface area contributed by atoms with Crippen LogP contribution in [0.1, 0.15) is 44.1 Å². The fourth-order valence-electron chi connectivity index (χ4n) is 2.94. The largest absolute Gasteiger partial charge is 0.293 e. The molecule has 2 aromatic heterocycles.